The van der Waals surface area contributed by atoms with Gasteiger partial charge in [0, 0.05) is 36.3 Å². The van der Waals surface area contributed by atoms with E-state index in [9.17, 15) is 13.2 Å². The van der Waals surface area contributed by atoms with Crippen LogP contribution < -0.4 is 14.8 Å². The fourth-order valence-electron chi connectivity index (χ4n) is 2.87. The lowest BCUT2D eigenvalue weighted by atomic mass is 10.2. The van der Waals surface area contributed by atoms with Gasteiger partial charge in [0.25, 0.3) is 0 Å². The molecule has 0 aliphatic carbocycles. The third-order valence-corrected chi connectivity index (χ3v) is 6.24. The Balaban J connectivity index is 1.82. The van der Waals surface area contributed by atoms with Crippen molar-refractivity contribution in [3.8, 4) is 11.5 Å². The average Bonchev–Trinajstić information content (AvgIpc) is 2.73. The first-order chi connectivity index (χ1) is 13.9. The highest BCUT2D eigenvalue weighted by molar-refractivity contribution is 7.89. The van der Waals surface area contributed by atoms with Crippen LogP contribution in [0, 0.1) is 0 Å². The number of aromatic nitrogens is 1. The number of nitrogens with one attached hydrogen (secondary N) is 1. The maximum atomic E-state index is 13.0. The van der Waals surface area contributed by atoms with Crippen LogP contribution in [0.2, 0.25) is 0 Å². The number of carbonyl (C=O) groups excluding carboxylic acids is 1. The summed E-state index contributed by atoms with van der Waals surface area (Å²) in [5.74, 6) is 0.460. The number of fused-ring (bicyclic) bond motifs is 1. The average molecular weight is 415 g/mol. The summed E-state index contributed by atoms with van der Waals surface area (Å²) in [6.07, 6.45) is 3.12. The van der Waals surface area contributed by atoms with E-state index in [0.29, 0.717) is 28.0 Å². The third kappa shape index (κ3) is 4.30. The molecule has 0 atom stereocenters. The molecule has 8 nitrogen and oxygen atoms in total. The molecular weight excluding hydrogens is 394 g/mol. The molecule has 0 fully saturated rings. The van der Waals surface area contributed by atoms with E-state index in [2.05, 4.69) is 10.3 Å². The van der Waals surface area contributed by atoms with Gasteiger partial charge in [-0.2, -0.15) is 4.31 Å². The molecule has 0 saturated heterocycles. The summed E-state index contributed by atoms with van der Waals surface area (Å²) in [7, 11) is 0.449. The molecule has 29 heavy (non-hydrogen) atoms. The number of likely N-dealkylation sites (N-methyl/N-ethyl adjacent to an activating group) is 1. The number of carbonyl (C=O) groups is 1. The Morgan fingerprint density at radius 3 is 2.66 bits per heavy atom. The first-order valence-electron chi connectivity index (χ1n) is 8.68. The Kier molecular flexibility index (Phi) is 6.00. The van der Waals surface area contributed by atoms with Gasteiger partial charge in [0.05, 0.1) is 31.3 Å². The van der Waals surface area contributed by atoms with Crippen LogP contribution in [0.15, 0.2) is 59.8 Å². The van der Waals surface area contributed by atoms with Gasteiger partial charge in [0.15, 0.2) is 0 Å². The molecule has 1 amide bonds. The number of rotatable bonds is 7. The summed E-state index contributed by atoms with van der Waals surface area (Å²) in [6.45, 7) is -0.371. The summed E-state index contributed by atoms with van der Waals surface area (Å²) < 4.78 is 37.5. The number of benzene rings is 2. The largest absolute Gasteiger partial charge is 0.497 e. The number of hydrogen-bond donors (Lipinski definition) is 1. The number of anilines is 1. The molecule has 2 aromatic carbocycles. The molecule has 0 aliphatic rings. The second-order valence-corrected chi connectivity index (χ2v) is 8.24. The lowest BCUT2D eigenvalue weighted by Gasteiger charge is -2.19. The third-order valence-electron chi connectivity index (χ3n) is 4.38. The molecule has 0 aliphatic heterocycles. The monoisotopic (exact) mass is 415 g/mol. The summed E-state index contributed by atoms with van der Waals surface area (Å²) in [4.78, 5) is 16.6. The van der Waals surface area contributed by atoms with Gasteiger partial charge >= 0.3 is 0 Å². The van der Waals surface area contributed by atoms with E-state index < -0.39 is 15.9 Å². The molecule has 9 heteroatoms. The Labute approximate surface area is 169 Å². The second-order valence-electron chi connectivity index (χ2n) is 6.23. The van der Waals surface area contributed by atoms with Crippen molar-refractivity contribution >= 4 is 32.4 Å². The van der Waals surface area contributed by atoms with E-state index in [-0.39, 0.29) is 11.4 Å². The van der Waals surface area contributed by atoms with Crippen molar-refractivity contribution in [1.29, 1.82) is 0 Å². The molecule has 0 bridgehead atoms. The zero-order valence-corrected chi connectivity index (χ0v) is 17.1. The highest BCUT2D eigenvalue weighted by atomic mass is 32.2. The van der Waals surface area contributed by atoms with E-state index in [0.717, 1.165) is 4.31 Å². The van der Waals surface area contributed by atoms with E-state index in [1.165, 1.54) is 33.5 Å². The fraction of sp³-hybridized carbons (Fsp3) is 0.200. The van der Waals surface area contributed by atoms with Gasteiger partial charge in [0.2, 0.25) is 15.9 Å². The Morgan fingerprint density at radius 1 is 1.14 bits per heavy atom. The molecule has 3 rings (SSSR count). The quantitative estimate of drug-likeness (QED) is 0.637. The van der Waals surface area contributed by atoms with Crippen LogP contribution in [0.5, 0.6) is 11.5 Å². The number of sulfonamides is 1. The molecule has 0 saturated carbocycles. The van der Waals surface area contributed by atoms with Gasteiger partial charge < -0.3 is 14.8 Å². The van der Waals surface area contributed by atoms with Crippen LogP contribution in [0.3, 0.4) is 0 Å². The van der Waals surface area contributed by atoms with Gasteiger partial charge in [-0.15, -0.1) is 0 Å². The normalized spacial score (nSPS) is 11.4. The van der Waals surface area contributed by atoms with Crippen molar-refractivity contribution in [3.05, 3.63) is 54.9 Å². The first-order valence-corrected chi connectivity index (χ1v) is 10.1. The second kappa shape index (κ2) is 8.46. The lowest BCUT2D eigenvalue weighted by Crippen LogP contribution is -2.35. The van der Waals surface area contributed by atoms with Crippen LogP contribution in [0.4, 0.5) is 5.69 Å². The maximum absolute atomic E-state index is 13.0. The summed E-state index contributed by atoms with van der Waals surface area (Å²) in [5.41, 5.74) is 0.388. The molecule has 0 unspecified atom stereocenters. The fourth-order valence-corrected chi connectivity index (χ4v) is 4.21. The minimum atomic E-state index is -3.89. The predicted octanol–water partition coefficient (Wildman–Crippen LogP) is 2.51. The minimum absolute atomic E-state index is 0.117. The number of amides is 1. The zero-order chi connectivity index (χ0) is 21.0. The molecular formula is C20H21N3O5S. The SMILES string of the molecule is COc1ccc(OC)c(NC(=O)CN(C)S(=O)(=O)c2cccc3cnccc23)c1. The number of hydrogen-bond acceptors (Lipinski definition) is 6. The van der Waals surface area contributed by atoms with Crippen LogP contribution in [-0.4, -0.2) is 51.4 Å². The summed E-state index contributed by atoms with van der Waals surface area (Å²) in [6, 6.07) is 11.5. The van der Waals surface area contributed by atoms with E-state index >= 15 is 0 Å². The standard InChI is InChI=1S/C20H21N3O5S/c1-23(13-20(24)22-17-11-15(27-2)7-8-18(17)28-3)29(25,26)19-6-4-5-14-12-21-10-9-16(14)19/h4-12H,13H2,1-3H3,(H,22,24). The highest BCUT2D eigenvalue weighted by Gasteiger charge is 2.25. The van der Waals surface area contributed by atoms with Crippen LogP contribution in [0.25, 0.3) is 10.8 Å². The lowest BCUT2D eigenvalue weighted by molar-refractivity contribution is -0.116. The van der Waals surface area contributed by atoms with Gasteiger partial charge in [-0.3, -0.25) is 9.78 Å². The van der Waals surface area contributed by atoms with Crippen LogP contribution in [0.1, 0.15) is 0 Å². The van der Waals surface area contributed by atoms with Crippen molar-refractivity contribution in [3.63, 3.8) is 0 Å². The molecule has 1 heterocycles. The Hall–Kier alpha value is -3.17. The number of nitrogens with zero attached hydrogens (tertiary/aromatic N) is 2. The number of pyridine rings is 1. The van der Waals surface area contributed by atoms with Gasteiger partial charge in [-0.25, -0.2) is 8.42 Å². The predicted molar refractivity (Wildman–Crippen MR) is 110 cm³/mol. The summed E-state index contributed by atoms with van der Waals surface area (Å²) in [5, 5.41) is 3.91. The van der Waals surface area contributed by atoms with E-state index in [1.807, 2.05) is 0 Å². The Bertz CT molecular complexity index is 1140. The van der Waals surface area contributed by atoms with Gasteiger partial charge in [-0.1, -0.05) is 12.1 Å². The molecule has 1 aromatic heterocycles. The van der Waals surface area contributed by atoms with Gasteiger partial charge in [0.1, 0.15) is 11.5 Å². The van der Waals surface area contributed by atoms with E-state index in [1.54, 1.807) is 42.6 Å². The topological polar surface area (TPSA) is 97.8 Å². The minimum Gasteiger partial charge on any atom is -0.497 e. The zero-order valence-electron chi connectivity index (χ0n) is 16.2. The maximum Gasteiger partial charge on any atom is 0.243 e. The van der Waals surface area contributed by atoms with Crippen molar-refractivity contribution < 1.29 is 22.7 Å². The Morgan fingerprint density at radius 2 is 1.93 bits per heavy atom. The van der Waals surface area contributed by atoms with Crippen molar-refractivity contribution in [2.24, 2.45) is 0 Å². The number of ether oxygens (including phenoxy) is 2. The van der Waals surface area contributed by atoms with Crippen LogP contribution >= 0.6 is 0 Å². The molecule has 3 aromatic rings. The number of methoxy groups -OCH3 is 2. The summed E-state index contributed by atoms with van der Waals surface area (Å²) >= 11 is 0. The van der Waals surface area contributed by atoms with Gasteiger partial charge in [-0.05, 0) is 24.3 Å². The smallest absolute Gasteiger partial charge is 0.243 e. The van der Waals surface area contributed by atoms with E-state index in [4.69, 9.17) is 9.47 Å². The highest BCUT2D eigenvalue weighted by Crippen LogP contribution is 2.29. The molecule has 0 radical (unpaired) electrons. The first kappa shape index (κ1) is 20.6. The molecule has 1 N–H and O–H groups in total. The van der Waals surface area contributed by atoms with Crippen LogP contribution in [-0.2, 0) is 14.8 Å². The molecule has 152 valence electrons. The van der Waals surface area contributed by atoms with Crippen molar-refractivity contribution in [1.82, 2.24) is 9.29 Å². The van der Waals surface area contributed by atoms with Crippen molar-refractivity contribution in [2.45, 2.75) is 4.90 Å². The molecule has 0 spiro atoms. The van der Waals surface area contributed by atoms with Crippen molar-refractivity contribution in [2.75, 3.05) is 33.1 Å².